The van der Waals surface area contributed by atoms with Crippen molar-refractivity contribution in [3.63, 3.8) is 0 Å². The number of pyridine rings is 1. The van der Waals surface area contributed by atoms with Crippen LogP contribution >= 0.6 is 0 Å². The Morgan fingerprint density at radius 3 is 2.79 bits per heavy atom. The fourth-order valence-corrected chi connectivity index (χ4v) is 2.35. The maximum atomic E-state index is 5.52. The van der Waals surface area contributed by atoms with Gasteiger partial charge in [0, 0.05) is 24.9 Å². The van der Waals surface area contributed by atoms with Crippen LogP contribution in [0.25, 0.3) is 10.8 Å². The van der Waals surface area contributed by atoms with E-state index in [0.29, 0.717) is 0 Å². The predicted molar refractivity (Wildman–Crippen MR) is 79.2 cm³/mol. The third kappa shape index (κ3) is 3.11. The van der Waals surface area contributed by atoms with Crippen LogP contribution in [0.15, 0.2) is 36.7 Å². The fraction of sp³-hybridized carbons (Fsp3) is 0.438. The number of hydrogen-bond donors (Lipinski definition) is 1. The van der Waals surface area contributed by atoms with Crippen LogP contribution in [0, 0.1) is 0 Å². The van der Waals surface area contributed by atoms with Gasteiger partial charge < -0.3 is 10.1 Å². The molecular weight excluding hydrogens is 236 g/mol. The van der Waals surface area contributed by atoms with Crippen molar-refractivity contribution in [1.29, 1.82) is 0 Å². The highest BCUT2D eigenvalue weighted by Gasteiger charge is 2.20. The fourth-order valence-electron chi connectivity index (χ4n) is 2.35. The van der Waals surface area contributed by atoms with Gasteiger partial charge in [0.2, 0.25) is 0 Å². The summed E-state index contributed by atoms with van der Waals surface area (Å²) in [5, 5.41) is 5.98. The quantitative estimate of drug-likeness (QED) is 0.863. The van der Waals surface area contributed by atoms with E-state index in [1.54, 1.807) is 7.11 Å². The first kappa shape index (κ1) is 14.0. The van der Waals surface area contributed by atoms with E-state index >= 15 is 0 Å². The first-order valence-electron chi connectivity index (χ1n) is 6.86. The molecule has 1 aromatic carbocycles. The Balaban J connectivity index is 2.43. The van der Waals surface area contributed by atoms with Gasteiger partial charge in [-0.25, -0.2) is 0 Å². The van der Waals surface area contributed by atoms with Crippen LogP contribution in [0.4, 0.5) is 0 Å². The van der Waals surface area contributed by atoms with Gasteiger partial charge >= 0.3 is 0 Å². The van der Waals surface area contributed by atoms with Crippen LogP contribution in [0.2, 0.25) is 0 Å². The van der Waals surface area contributed by atoms with Gasteiger partial charge in [-0.3, -0.25) is 4.98 Å². The summed E-state index contributed by atoms with van der Waals surface area (Å²) in [4.78, 5) is 4.36. The average Bonchev–Trinajstić information content (AvgIpc) is 2.47. The van der Waals surface area contributed by atoms with Crippen LogP contribution in [-0.2, 0) is 4.74 Å². The van der Waals surface area contributed by atoms with Gasteiger partial charge in [0.05, 0.1) is 12.1 Å². The Kier molecular flexibility index (Phi) is 4.88. The van der Waals surface area contributed by atoms with Crippen molar-refractivity contribution in [2.24, 2.45) is 0 Å². The summed E-state index contributed by atoms with van der Waals surface area (Å²) in [6, 6.07) is 8.53. The van der Waals surface area contributed by atoms with E-state index in [-0.39, 0.29) is 12.1 Å². The summed E-state index contributed by atoms with van der Waals surface area (Å²) in [7, 11) is 1.75. The second-order valence-electron chi connectivity index (χ2n) is 4.82. The molecule has 0 spiro atoms. The van der Waals surface area contributed by atoms with Crippen molar-refractivity contribution in [3.8, 4) is 0 Å². The molecule has 3 nitrogen and oxygen atoms in total. The molecule has 2 unspecified atom stereocenters. The molecule has 0 aliphatic carbocycles. The van der Waals surface area contributed by atoms with E-state index in [9.17, 15) is 0 Å². The number of nitrogens with one attached hydrogen (secondary N) is 1. The standard InChI is InChI=1S/C16H22N2O/c1-4-9-18-16(12(2)19-3)15-11-17-10-13-7-5-6-8-14(13)15/h5-8,10-12,16,18H,4,9H2,1-3H3. The van der Waals surface area contributed by atoms with Gasteiger partial charge in [0.1, 0.15) is 0 Å². The van der Waals surface area contributed by atoms with E-state index in [0.717, 1.165) is 13.0 Å². The topological polar surface area (TPSA) is 34.2 Å². The number of aromatic nitrogens is 1. The minimum atomic E-state index is 0.110. The highest BCUT2D eigenvalue weighted by Crippen LogP contribution is 2.26. The average molecular weight is 258 g/mol. The molecule has 0 saturated heterocycles. The SMILES string of the molecule is CCCNC(c1cncc2ccccc12)C(C)OC. The Morgan fingerprint density at radius 1 is 1.26 bits per heavy atom. The summed E-state index contributed by atoms with van der Waals surface area (Å²) < 4.78 is 5.52. The van der Waals surface area contributed by atoms with Gasteiger partial charge in [0.15, 0.2) is 0 Å². The van der Waals surface area contributed by atoms with Crippen LogP contribution in [-0.4, -0.2) is 24.7 Å². The molecule has 19 heavy (non-hydrogen) atoms. The van der Waals surface area contributed by atoms with E-state index in [4.69, 9.17) is 4.74 Å². The molecule has 1 N–H and O–H groups in total. The maximum absolute atomic E-state index is 5.52. The summed E-state index contributed by atoms with van der Waals surface area (Å²) in [6.07, 6.45) is 5.07. The van der Waals surface area contributed by atoms with E-state index in [1.165, 1.54) is 16.3 Å². The lowest BCUT2D eigenvalue weighted by molar-refractivity contribution is 0.0834. The molecular formula is C16H22N2O. The molecule has 0 radical (unpaired) electrons. The molecule has 0 fully saturated rings. The lowest BCUT2D eigenvalue weighted by Gasteiger charge is -2.25. The van der Waals surface area contributed by atoms with Crippen molar-refractivity contribution in [2.45, 2.75) is 32.4 Å². The van der Waals surface area contributed by atoms with E-state index < -0.39 is 0 Å². The van der Waals surface area contributed by atoms with Crippen molar-refractivity contribution < 1.29 is 4.74 Å². The van der Waals surface area contributed by atoms with Crippen LogP contribution in [0.1, 0.15) is 31.9 Å². The molecule has 0 aliphatic heterocycles. The van der Waals surface area contributed by atoms with Crippen molar-refractivity contribution in [3.05, 3.63) is 42.2 Å². The lowest BCUT2D eigenvalue weighted by Crippen LogP contribution is -2.32. The number of ether oxygens (including phenoxy) is 1. The number of methoxy groups -OCH3 is 1. The Labute approximate surface area is 115 Å². The first-order valence-corrected chi connectivity index (χ1v) is 6.86. The smallest absolute Gasteiger partial charge is 0.0738 e. The third-order valence-electron chi connectivity index (χ3n) is 3.49. The number of benzene rings is 1. The zero-order valence-electron chi connectivity index (χ0n) is 11.9. The van der Waals surface area contributed by atoms with Gasteiger partial charge in [-0.05, 0) is 30.8 Å². The predicted octanol–water partition coefficient (Wildman–Crippen LogP) is 3.31. The monoisotopic (exact) mass is 258 g/mol. The summed E-state index contributed by atoms with van der Waals surface area (Å²) >= 11 is 0. The van der Waals surface area contributed by atoms with Crippen LogP contribution in [0.5, 0.6) is 0 Å². The third-order valence-corrected chi connectivity index (χ3v) is 3.49. The zero-order valence-corrected chi connectivity index (χ0v) is 11.9. The number of nitrogens with zero attached hydrogens (tertiary/aromatic N) is 1. The van der Waals surface area contributed by atoms with Crippen molar-refractivity contribution in [2.75, 3.05) is 13.7 Å². The second kappa shape index (κ2) is 6.64. The highest BCUT2D eigenvalue weighted by molar-refractivity contribution is 5.85. The molecule has 2 rings (SSSR count). The zero-order chi connectivity index (χ0) is 13.7. The number of fused-ring (bicyclic) bond motifs is 1. The molecule has 0 aliphatic rings. The van der Waals surface area contributed by atoms with Crippen molar-refractivity contribution >= 4 is 10.8 Å². The molecule has 0 amide bonds. The molecule has 1 heterocycles. The molecule has 2 atom stereocenters. The molecule has 0 saturated carbocycles. The van der Waals surface area contributed by atoms with Crippen molar-refractivity contribution in [1.82, 2.24) is 10.3 Å². The summed E-state index contributed by atoms with van der Waals surface area (Å²) in [5.41, 5.74) is 1.21. The molecule has 0 bridgehead atoms. The summed E-state index contributed by atoms with van der Waals surface area (Å²) in [5.74, 6) is 0. The number of rotatable bonds is 6. The minimum absolute atomic E-state index is 0.110. The van der Waals surface area contributed by atoms with Gasteiger partial charge in [-0.2, -0.15) is 0 Å². The Morgan fingerprint density at radius 2 is 2.05 bits per heavy atom. The molecule has 2 aromatic rings. The van der Waals surface area contributed by atoms with E-state index in [1.807, 2.05) is 18.5 Å². The maximum Gasteiger partial charge on any atom is 0.0738 e. The Hall–Kier alpha value is -1.45. The number of hydrogen-bond acceptors (Lipinski definition) is 3. The Bertz CT molecular complexity index is 522. The van der Waals surface area contributed by atoms with Gasteiger partial charge in [0.25, 0.3) is 0 Å². The van der Waals surface area contributed by atoms with Gasteiger partial charge in [-0.15, -0.1) is 0 Å². The van der Waals surface area contributed by atoms with Crippen LogP contribution in [0.3, 0.4) is 0 Å². The molecule has 3 heteroatoms. The summed E-state index contributed by atoms with van der Waals surface area (Å²) in [6.45, 7) is 5.24. The highest BCUT2D eigenvalue weighted by atomic mass is 16.5. The first-order chi connectivity index (χ1) is 9.27. The second-order valence-corrected chi connectivity index (χ2v) is 4.82. The molecule has 102 valence electrons. The van der Waals surface area contributed by atoms with Crippen LogP contribution < -0.4 is 5.32 Å². The normalized spacial score (nSPS) is 14.5. The van der Waals surface area contributed by atoms with Gasteiger partial charge in [-0.1, -0.05) is 31.2 Å². The minimum Gasteiger partial charge on any atom is -0.380 e. The lowest BCUT2D eigenvalue weighted by atomic mass is 9.98. The molecule has 1 aromatic heterocycles. The largest absolute Gasteiger partial charge is 0.380 e. The van der Waals surface area contributed by atoms with E-state index in [2.05, 4.69) is 42.3 Å².